The number of fused-ring (bicyclic) bond motifs is 1. The van der Waals surface area contributed by atoms with E-state index in [4.69, 9.17) is 9.57 Å². The van der Waals surface area contributed by atoms with Crippen molar-refractivity contribution in [1.82, 2.24) is 5.06 Å². The molecule has 2 heterocycles. The lowest BCUT2D eigenvalue weighted by molar-refractivity contribution is -0.162. The third kappa shape index (κ3) is 1.54. The molecule has 2 saturated heterocycles. The lowest BCUT2D eigenvalue weighted by atomic mass is 9.68. The van der Waals surface area contributed by atoms with E-state index in [1.54, 1.807) is 0 Å². The molecule has 0 N–H and O–H groups in total. The molecule has 2 rings (SSSR count). The summed E-state index contributed by atoms with van der Waals surface area (Å²) in [7, 11) is 0. The second kappa shape index (κ2) is 3.69. The molecule has 0 aliphatic carbocycles. The number of esters is 1. The second-order valence-corrected chi connectivity index (χ2v) is 6.17. The van der Waals surface area contributed by atoms with Crippen molar-refractivity contribution in [2.45, 2.75) is 53.3 Å². The monoisotopic (exact) mass is 241 g/mol. The maximum atomic E-state index is 12.2. The minimum Gasteiger partial charge on any atom is -0.466 e. The quantitative estimate of drug-likeness (QED) is 0.561. The standard InChI is InChI=1S/C13H23NO3/c1-7-16-10(15)9-12(4,5)11-14(17-11)13(9,6)8(2)3/h8-9,11H,7H2,1-6H3/t9-,11-,13+,14?/m1/s1. The summed E-state index contributed by atoms with van der Waals surface area (Å²) in [5.41, 5.74) is -0.453. The van der Waals surface area contributed by atoms with E-state index in [1.165, 1.54) is 0 Å². The van der Waals surface area contributed by atoms with Gasteiger partial charge in [0, 0.05) is 5.41 Å². The van der Waals surface area contributed by atoms with Crippen molar-refractivity contribution in [1.29, 1.82) is 0 Å². The van der Waals surface area contributed by atoms with Gasteiger partial charge in [0.2, 0.25) is 0 Å². The Morgan fingerprint density at radius 2 is 2.00 bits per heavy atom. The first kappa shape index (κ1) is 12.8. The van der Waals surface area contributed by atoms with Gasteiger partial charge in [0.15, 0.2) is 6.23 Å². The molecule has 0 aromatic rings. The van der Waals surface area contributed by atoms with E-state index >= 15 is 0 Å². The average molecular weight is 241 g/mol. The second-order valence-electron chi connectivity index (χ2n) is 6.17. The molecule has 0 spiro atoms. The molecular weight excluding hydrogens is 218 g/mol. The average Bonchev–Trinajstić information content (AvgIpc) is 2.93. The molecule has 1 unspecified atom stereocenters. The molecule has 4 atom stereocenters. The Hall–Kier alpha value is -0.610. The first-order chi connectivity index (χ1) is 7.77. The number of hydrogen-bond donors (Lipinski definition) is 0. The van der Waals surface area contributed by atoms with Gasteiger partial charge in [0.05, 0.1) is 18.1 Å². The lowest BCUT2D eigenvalue weighted by Gasteiger charge is -2.40. The molecule has 4 heteroatoms. The third-order valence-corrected chi connectivity index (χ3v) is 4.51. The van der Waals surface area contributed by atoms with E-state index in [-0.39, 0.29) is 29.1 Å². The molecule has 2 fully saturated rings. The zero-order valence-electron chi connectivity index (χ0n) is 11.6. The Labute approximate surface area is 103 Å². The van der Waals surface area contributed by atoms with Crippen LogP contribution in [-0.4, -0.2) is 29.4 Å². The number of carbonyl (C=O) groups is 1. The predicted molar refractivity (Wildman–Crippen MR) is 63.9 cm³/mol. The van der Waals surface area contributed by atoms with Gasteiger partial charge in [-0.2, -0.15) is 0 Å². The van der Waals surface area contributed by atoms with Crippen molar-refractivity contribution in [3.05, 3.63) is 0 Å². The van der Waals surface area contributed by atoms with E-state index in [2.05, 4.69) is 34.6 Å². The summed E-state index contributed by atoms with van der Waals surface area (Å²) in [5.74, 6) is 0.113. The Morgan fingerprint density at radius 3 is 2.47 bits per heavy atom. The van der Waals surface area contributed by atoms with Crippen LogP contribution in [-0.2, 0) is 14.4 Å². The fourth-order valence-corrected chi connectivity index (χ4v) is 3.26. The van der Waals surface area contributed by atoms with Crippen LogP contribution >= 0.6 is 0 Å². The van der Waals surface area contributed by atoms with Crippen molar-refractivity contribution < 1.29 is 14.4 Å². The highest BCUT2D eigenvalue weighted by Gasteiger charge is 2.74. The van der Waals surface area contributed by atoms with Crippen LogP contribution in [0.1, 0.15) is 41.5 Å². The van der Waals surface area contributed by atoms with E-state index in [0.29, 0.717) is 12.5 Å². The van der Waals surface area contributed by atoms with Crippen LogP contribution in [0, 0.1) is 17.3 Å². The van der Waals surface area contributed by atoms with Crippen molar-refractivity contribution in [3.8, 4) is 0 Å². The molecule has 98 valence electrons. The number of carbonyl (C=O) groups excluding carboxylic acids is 1. The molecular formula is C13H23NO3. The first-order valence-corrected chi connectivity index (χ1v) is 6.40. The van der Waals surface area contributed by atoms with E-state index in [0.717, 1.165) is 0 Å². The van der Waals surface area contributed by atoms with Gasteiger partial charge in [-0.15, -0.1) is 5.06 Å². The maximum Gasteiger partial charge on any atom is 0.311 e. The fraction of sp³-hybridized carbons (Fsp3) is 0.923. The summed E-state index contributed by atoms with van der Waals surface area (Å²) >= 11 is 0. The molecule has 0 saturated carbocycles. The van der Waals surface area contributed by atoms with E-state index in [9.17, 15) is 4.79 Å². The van der Waals surface area contributed by atoms with E-state index < -0.39 is 0 Å². The summed E-state index contributed by atoms with van der Waals surface area (Å²) in [4.78, 5) is 17.9. The molecule has 17 heavy (non-hydrogen) atoms. The highest BCUT2D eigenvalue weighted by Crippen LogP contribution is 2.61. The maximum absolute atomic E-state index is 12.2. The number of hydrogen-bond acceptors (Lipinski definition) is 4. The van der Waals surface area contributed by atoms with Crippen LogP contribution in [0.25, 0.3) is 0 Å². The van der Waals surface area contributed by atoms with Gasteiger partial charge >= 0.3 is 5.97 Å². The van der Waals surface area contributed by atoms with Crippen molar-refractivity contribution in [2.24, 2.45) is 17.3 Å². The molecule has 0 radical (unpaired) electrons. The summed E-state index contributed by atoms with van der Waals surface area (Å²) in [6, 6.07) is 0. The summed E-state index contributed by atoms with van der Waals surface area (Å²) in [5, 5.41) is 1.99. The smallest absolute Gasteiger partial charge is 0.311 e. The molecule has 0 aromatic heterocycles. The van der Waals surface area contributed by atoms with Crippen molar-refractivity contribution >= 4 is 5.97 Å². The van der Waals surface area contributed by atoms with E-state index in [1.807, 2.05) is 12.0 Å². The van der Waals surface area contributed by atoms with Gasteiger partial charge in [-0.1, -0.05) is 27.7 Å². The van der Waals surface area contributed by atoms with Crippen LogP contribution in [0.5, 0.6) is 0 Å². The summed E-state index contributed by atoms with van der Waals surface area (Å²) in [6.07, 6.45) is 0.0595. The van der Waals surface area contributed by atoms with Gasteiger partial charge < -0.3 is 4.74 Å². The highest BCUT2D eigenvalue weighted by molar-refractivity contribution is 5.76. The van der Waals surface area contributed by atoms with Gasteiger partial charge in [0.25, 0.3) is 0 Å². The Kier molecular flexibility index (Phi) is 2.79. The Balaban J connectivity index is 2.35. The summed E-state index contributed by atoms with van der Waals surface area (Å²) < 4.78 is 5.25. The van der Waals surface area contributed by atoms with Gasteiger partial charge in [-0.05, 0) is 19.8 Å². The largest absolute Gasteiger partial charge is 0.466 e. The number of hydroxylamine groups is 2. The Bertz CT molecular complexity index is 340. The molecule has 0 aromatic carbocycles. The van der Waals surface area contributed by atoms with Crippen LogP contribution in [0.15, 0.2) is 0 Å². The van der Waals surface area contributed by atoms with Crippen molar-refractivity contribution in [2.75, 3.05) is 6.61 Å². The SMILES string of the molecule is CCOC(=O)[C@@H]1C(C)(C)[C@H]2ON2[C@@]1(C)C(C)C. The van der Waals surface area contributed by atoms with Crippen LogP contribution in [0.2, 0.25) is 0 Å². The molecule has 0 amide bonds. The zero-order valence-corrected chi connectivity index (χ0v) is 11.6. The van der Waals surface area contributed by atoms with Crippen LogP contribution < -0.4 is 0 Å². The van der Waals surface area contributed by atoms with Gasteiger partial charge in [0.1, 0.15) is 0 Å². The minimum atomic E-state index is -0.263. The molecule has 0 bridgehead atoms. The highest BCUT2D eigenvalue weighted by atomic mass is 16.8. The van der Waals surface area contributed by atoms with Crippen LogP contribution in [0.4, 0.5) is 0 Å². The number of ether oxygens (including phenoxy) is 1. The first-order valence-electron chi connectivity index (χ1n) is 6.40. The molecule has 4 nitrogen and oxygen atoms in total. The minimum absolute atomic E-state index is 0.0595. The van der Waals surface area contributed by atoms with Crippen LogP contribution in [0.3, 0.4) is 0 Å². The lowest BCUT2D eigenvalue weighted by Crippen LogP contribution is -2.51. The third-order valence-electron chi connectivity index (χ3n) is 4.51. The topological polar surface area (TPSA) is 41.8 Å². The summed E-state index contributed by atoms with van der Waals surface area (Å²) in [6.45, 7) is 12.8. The normalized spacial score (nSPS) is 42.4. The molecule has 2 aliphatic heterocycles. The predicted octanol–water partition coefficient (Wildman–Crippen LogP) is 2.19. The van der Waals surface area contributed by atoms with Gasteiger partial charge in [-0.3, -0.25) is 9.63 Å². The fourth-order valence-electron chi connectivity index (χ4n) is 3.26. The van der Waals surface area contributed by atoms with Crippen molar-refractivity contribution in [3.63, 3.8) is 0 Å². The zero-order chi connectivity index (χ0) is 13.0. The molecule has 2 aliphatic rings. The number of rotatable bonds is 3. The number of nitrogens with zero attached hydrogens (tertiary/aromatic N) is 1. The Morgan fingerprint density at radius 1 is 1.41 bits per heavy atom. The van der Waals surface area contributed by atoms with Gasteiger partial charge in [-0.25, -0.2) is 0 Å².